The fourth-order valence-corrected chi connectivity index (χ4v) is 3.25. The Morgan fingerprint density at radius 3 is 1.84 bits per heavy atom. The molecule has 0 saturated heterocycles. The topological polar surface area (TPSA) is 26.0 Å². The van der Waals surface area contributed by atoms with Crippen molar-refractivity contribution in [2.24, 2.45) is 0 Å². The van der Waals surface area contributed by atoms with Crippen LogP contribution in [-0.4, -0.2) is 5.16 Å². The number of hydrogen-bond acceptors (Lipinski definition) is 2. The summed E-state index contributed by atoms with van der Waals surface area (Å²) in [6, 6.07) is 0. The molecular weight excluding hydrogens is 234 g/mol. The summed E-state index contributed by atoms with van der Waals surface area (Å²) < 4.78 is 5.40. The Labute approximate surface area is 119 Å². The molecule has 0 saturated carbocycles. The largest absolute Gasteiger partial charge is 0.361 e. The van der Waals surface area contributed by atoms with Crippen molar-refractivity contribution in [1.29, 1.82) is 0 Å². The van der Waals surface area contributed by atoms with Crippen LogP contribution in [0.5, 0.6) is 0 Å². The number of nitrogens with zero attached hydrogens (tertiary/aromatic N) is 1. The first kappa shape index (κ1) is 16.3. The molecule has 0 fully saturated rings. The molecule has 110 valence electrons. The van der Waals surface area contributed by atoms with E-state index in [1.165, 1.54) is 56.9 Å². The molecule has 1 rings (SSSR count). The van der Waals surface area contributed by atoms with Crippen molar-refractivity contribution in [2.75, 3.05) is 0 Å². The third-order valence-corrected chi connectivity index (χ3v) is 4.30. The Morgan fingerprint density at radius 2 is 1.47 bits per heavy atom. The maximum atomic E-state index is 5.40. The Balaban J connectivity index is 2.84. The van der Waals surface area contributed by atoms with E-state index in [-0.39, 0.29) is 5.41 Å². The van der Waals surface area contributed by atoms with Gasteiger partial charge < -0.3 is 4.52 Å². The Morgan fingerprint density at radius 1 is 0.947 bits per heavy atom. The SMILES string of the molecule is CCCCCC(C)(CCCCC)c1c(C)noc1C. The highest BCUT2D eigenvalue weighted by Gasteiger charge is 2.31. The molecule has 0 radical (unpaired) electrons. The first-order valence-corrected chi connectivity index (χ1v) is 7.98. The molecule has 0 aliphatic heterocycles. The standard InChI is InChI=1S/C17H31NO/c1-6-8-10-12-17(5,13-11-9-7-2)16-14(3)18-19-15(16)4/h6-13H2,1-5H3. The van der Waals surface area contributed by atoms with Gasteiger partial charge >= 0.3 is 0 Å². The van der Waals surface area contributed by atoms with Crippen LogP contribution in [0.25, 0.3) is 0 Å². The molecule has 0 unspecified atom stereocenters. The minimum absolute atomic E-state index is 0.249. The third-order valence-electron chi connectivity index (χ3n) is 4.30. The number of rotatable bonds is 9. The first-order chi connectivity index (χ1) is 9.05. The molecule has 0 aromatic carbocycles. The summed E-state index contributed by atoms with van der Waals surface area (Å²) >= 11 is 0. The van der Waals surface area contributed by atoms with Crippen LogP contribution in [0.3, 0.4) is 0 Å². The van der Waals surface area contributed by atoms with Gasteiger partial charge in [-0.05, 0) is 32.1 Å². The lowest BCUT2D eigenvalue weighted by Crippen LogP contribution is -2.23. The Bertz CT molecular complexity index is 338. The van der Waals surface area contributed by atoms with E-state index in [2.05, 4.69) is 39.8 Å². The molecule has 0 atom stereocenters. The van der Waals surface area contributed by atoms with E-state index in [1.807, 2.05) is 0 Å². The number of unbranched alkanes of at least 4 members (excludes halogenated alkanes) is 4. The summed E-state index contributed by atoms with van der Waals surface area (Å²) in [6.07, 6.45) is 10.4. The van der Waals surface area contributed by atoms with Gasteiger partial charge in [-0.3, -0.25) is 0 Å². The molecule has 2 heteroatoms. The number of aryl methyl sites for hydroxylation is 2. The molecule has 1 heterocycles. The van der Waals surface area contributed by atoms with Gasteiger partial charge in [-0.1, -0.05) is 64.5 Å². The summed E-state index contributed by atoms with van der Waals surface area (Å²) in [7, 11) is 0. The molecule has 0 aliphatic carbocycles. The average molecular weight is 265 g/mol. The maximum Gasteiger partial charge on any atom is 0.137 e. The molecule has 0 N–H and O–H groups in total. The Kier molecular flexibility index (Phi) is 6.60. The number of hydrogen-bond donors (Lipinski definition) is 0. The lowest BCUT2D eigenvalue weighted by molar-refractivity contribution is 0.352. The molecule has 19 heavy (non-hydrogen) atoms. The third kappa shape index (κ3) is 4.36. The van der Waals surface area contributed by atoms with Crippen molar-refractivity contribution in [3.8, 4) is 0 Å². The molecule has 0 bridgehead atoms. The second-order valence-electron chi connectivity index (χ2n) is 6.17. The van der Waals surface area contributed by atoms with E-state index in [4.69, 9.17) is 4.52 Å². The zero-order valence-corrected chi connectivity index (χ0v) is 13.5. The number of aromatic nitrogens is 1. The monoisotopic (exact) mass is 265 g/mol. The predicted molar refractivity (Wildman–Crippen MR) is 81.6 cm³/mol. The van der Waals surface area contributed by atoms with Crippen molar-refractivity contribution in [2.45, 2.75) is 91.4 Å². The van der Waals surface area contributed by atoms with Crippen LogP contribution in [0.15, 0.2) is 4.52 Å². The lowest BCUT2D eigenvalue weighted by Gasteiger charge is -2.30. The summed E-state index contributed by atoms with van der Waals surface area (Å²) in [6.45, 7) is 11.1. The van der Waals surface area contributed by atoms with E-state index in [0.29, 0.717) is 0 Å². The molecular formula is C17H31NO. The lowest BCUT2D eigenvalue weighted by atomic mass is 9.73. The highest BCUT2D eigenvalue weighted by atomic mass is 16.5. The van der Waals surface area contributed by atoms with Crippen LogP contribution in [0.1, 0.15) is 89.2 Å². The van der Waals surface area contributed by atoms with Gasteiger partial charge in [0.25, 0.3) is 0 Å². The van der Waals surface area contributed by atoms with Gasteiger partial charge in [0, 0.05) is 5.56 Å². The smallest absolute Gasteiger partial charge is 0.137 e. The predicted octanol–water partition coefficient (Wildman–Crippen LogP) is 5.71. The Hall–Kier alpha value is -0.790. The molecule has 0 amide bonds. The van der Waals surface area contributed by atoms with E-state index in [9.17, 15) is 0 Å². The first-order valence-electron chi connectivity index (χ1n) is 7.98. The van der Waals surface area contributed by atoms with Crippen molar-refractivity contribution < 1.29 is 4.52 Å². The van der Waals surface area contributed by atoms with Gasteiger partial charge in [-0.15, -0.1) is 0 Å². The van der Waals surface area contributed by atoms with Gasteiger partial charge in [0.05, 0.1) is 5.69 Å². The van der Waals surface area contributed by atoms with Gasteiger partial charge in [0.15, 0.2) is 0 Å². The fraction of sp³-hybridized carbons (Fsp3) is 0.824. The molecule has 0 spiro atoms. The van der Waals surface area contributed by atoms with Gasteiger partial charge in [-0.25, -0.2) is 0 Å². The minimum Gasteiger partial charge on any atom is -0.361 e. The zero-order valence-electron chi connectivity index (χ0n) is 13.5. The maximum absolute atomic E-state index is 5.40. The van der Waals surface area contributed by atoms with Crippen LogP contribution in [-0.2, 0) is 5.41 Å². The highest BCUT2D eigenvalue weighted by Crippen LogP contribution is 2.38. The van der Waals surface area contributed by atoms with Crippen LogP contribution in [0.4, 0.5) is 0 Å². The second kappa shape index (κ2) is 7.72. The van der Waals surface area contributed by atoms with Crippen LogP contribution < -0.4 is 0 Å². The fourth-order valence-electron chi connectivity index (χ4n) is 3.25. The van der Waals surface area contributed by atoms with E-state index < -0.39 is 0 Å². The van der Waals surface area contributed by atoms with Crippen molar-refractivity contribution in [1.82, 2.24) is 5.16 Å². The molecule has 0 aliphatic rings. The quantitative estimate of drug-likeness (QED) is 0.534. The molecule has 1 aromatic heterocycles. The van der Waals surface area contributed by atoms with E-state index >= 15 is 0 Å². The van der Waals surface area contributed by atoms with E-state index in [0.717, 1.165) is 11.5 Å². The van der Waals surface area contributed by atoms with Gasteiger partial charge in [-0.2, -0.15) is 0 Å². The van der Waals surface area contributed by atoms with Crippen molar-refractivity contribution in [3.05, 3.63) is 17.0 Å². The summed E-state index contributed by atoms with van der Waals surface area (Å²) in [4.78, 5) is 0. The zero-order chi connectivity index (χ0) is 14.3. The summed E-state index contributed by atoms with van der Waals surface area (Å²) in [5.74, 6) is 1.02. The van der Waals surface area contributed by atoms with Gasteiger partial charge in [0.2, 0.25) is 0 Å². The van der Waals surface area contributed by atoms with E-state index in [1.54, 1.807) is 0 Å². The molecule has 2 nitrogen and oxygen atoms in total. The highest BCUT2D eigenvalue weighted by molar-refractivity contribution is 5.30. The summed E-state index contributed by atoms with van der Waals surface area (Å²) in [5, 5.41) is 4.16. The van der Waals surface area contributed by atoms with Gasteiger partial charge in [0.1, 0.15) is 5.76 Å². The summed E-state index contributed by atoms with van der Waals surface area (Å²) in [5.41, 5.74) is 2.71. The average Bonchev–Trinajstić information content (AvgIpc) is 2.70. The van der Waals surface area contributed by atoms with Crippen molar-refractivity contribution in [3.63, 3.8) is 0 Å². The van der Waals surface area contributed by atoms with Crippen LogP contribution >= 0.6 is 0 Å². The second-order valence-corrected chi connectivity index (χ2v) is 6.17. The molecule has 1 aromatic rings. The van der Waals surface area contributed by atoms with Crippen LogP contribution in [0.2, 0.25) is 0 Å². The normalized spacial score (nSPS) is 12.1. The van der Waals surface area contributed by atoms with Crippen molar-refractivity contribution >= 4 is 0 Å². The minimum atomic E-state index is 0.249. The van der Waals surface area contributed by atoms with Crippen LogP contribution in [0, 0.1) is 13.8 Å².